The highest BCUT2D eigenvalue weighted by Gasteiger charge is 2.20. The maximum absolute atomic E-state index is 4.81. The van der Waals surface area contributed by atoms with E-state index in [1.807, 2.05) is 11.8 Å². The summed E-state index contributed by atoms with van der Waals surface area (Å²) < 4.78 is 0. The van der Waals surface area contributed by atoms with Crippen LogP contribution >= 0.6 is 11.8 Å². The number of hydrogen-bond acceptors (Lipinski definition) is 4. The van der Waals surface area contributed by atoms with E-state index in [9.17, 15) is 0 Å². The van der Waals surface area contributed by atoms with Crippen LogP contribution in [0.4, 0.5) is 5.82 Å². The van der Waals surface area contributed by atoms with Crippen LogP contribution < -0.4 is 5.32 Å². The third-order valence-electron chi connectivity index (χ3n) is 3.74. The van der Waals surface area contributed by atoms with Gasteiger partial charge in [0.1, 0.15) is 5.82 Å². The Morgan fingerprint density at radius 1 is 1.19 bits per heavy atom. The van der Waals surface area contributed by atoms with Gasteiger partial charge in [0.15, 0.2) is 5.82 Å². The number of benzene rings is 1. The van der Waals surface area contributed by atoms with Crippen molar-refractivity contribution in [3.63, 3.8) is 0 Å². The van der Waals surface area contributed by atoms with Gasteiger partial charge in [-0.15, -0.1) is 0 Å². The summed E-state index contributed by atoms with van der Waals surface area (Å²) in [5.74, 6) is 3.90. The smallest absolute Gasteiger partial charge is 0.162 e. The highest BCUT2D eigenvalue weighted by Crippen LogP contribution is 2.35. The fourth-order valence-electron chi connectivity index (χ4n) is 2.63. The number of nitrogens with one attached hydrogen (secondary N) is 1. The molecule has 0 fully saturated rings. The van der Waals surface area contributed by atoms with Crippen molar-refractivity contribution in [2.75, 3.05) is 11.9 Å². The second-order valence-corrected chi connectivity index (χ2v) is 6.54. The molecule has 0 bridgehead atoms. The predicted molar refractivity (Wildman–Crippen MR) is 90.7 cm³/mol. The molecule has 0 atom stereocenters. The molecule has 2 aromatic rings. The Morgan fingerprint density at radius 3 is 2.81 bits per heavy atom. The number of fused-ring (bicyclic) bond motifs is 1. The van der Waals surface area contributed by atoms with E-state index in [1.54, 1.807) is 0 Å². The van der Waals surface area contributed by atoms with E-state index in [4.69, 9.17) is 9.97 Å². The molecule has 0 radical (unpaired) electrons. The lowest BCUT2D eigenvalue weighted by Crippen LogP contribution is -2.08. The van der Waals surface area contributed by atoms with Crippen LogP contribution in [0.5, 0.6) is 0 Å². The van der Waals surface area contributed by atoms with E-state index in [-0.39, 0.29) is 0 Å². The molecule has 1 aliphatic heterocycles. The van der Waals surface area contributed by atoms with E-state index in [0.717, 1.165) is 41.7 Å². The molecule has 3 nitrogen and oxygen atoms in total. The Balaban J connectivity index is 2.06. The summed E-state index contributed by atoms with van der Waals surface area (Å²) in [6.45, 7) is 7.38. The Hall–Kier alpha value is -1.55. The van der Waals surface area contributed by atoms with Gasteiger partial charge in [-0.05, 0) is 25.8 Å². The molecule has 0 spiro atoms. The Bertz CT molecular complexity index is 667. The zero-order chi connectivity index (χ0) is 14.8. The van der Waals surface area contributed by atoms with Gasteiger partial charge in [0, 0.05) is 29.2 Å². The van der Waals surface area contributed by atoms with E-state index in [0.29, 0.717) is 0 Å². The maximum Gasteiger partial charge on any atom is 0.162 e. The number of anilines is 1. The molecule has 0 saturated heterocycles. The van der Waals surface area contributed by atoms with Gasteiger partial charge < -0.3 is 5.32 Å². The molecule has 110 valence electrons. The maximum atomic E-state index is 4.81. The fraction of sp³-hybridized carbons (Fsp3) is 0.412. The van der Waals surface area contributed by atoms with Crippen molar-refractivity contribution in [2.45, 2.75) is 38.7 Å². The van der Waals surface area contributed by atoms with Crippen LogP contribution in [0.15, 0.2) is 18.2 Å². The van der Waals surface area contributed by atoms with Gasteiger partial charge in [-0.25, -0.2) is 9.97 Å². The fourth-order valence-corrected chi connectivity index (χ4v) is 3.67. The van der Waals surface area contributed by atoms with E-state index in [2.05, 4.69) is 44.3 Å². The molecule has 21 heavy (non-hydrogen) atoms. The molecule has 4 heteroatoms. The normalized spacial score (nSPS) is 13.3. The first-order valence-corrected chi connectivity index (χ1v) is 8.63. The molecule has 0 unspecified atom stereocenters. The second-order valence-electron chi connectivity index (χ2n) is 5.56. The van der Waals surface area contributed by atoms with Gasteiger partial charge in [-0.3, -0.25) is 0 Å². The molecular formula is C17H21N3S. The topological polar surface area (TPSA) is 37.8 Å². The Labute approximate surface area is 130 Å². The molecule has 1 N–H and O–H groups in total. The Morgan fingerprint density at radius 2 is 2.05 bits per heavy atom. The van der Waals surface area contributed by atoms with Crippen molar-refractivity contribution in [2.24, 2.45) is 0 Å². The summed E-state index contributed by atoms with van der Waals surface area (Å²) in [5.41, 5.74) is 6.14. The number of thioether (sulfide) groups is 1. The molecule has 0 saturated carbocycles. The average molecular weight is 299 g/mol. The van der Waals surface area contributed by atoms with Gasteiger partial charge in [-0.1, -0.05) is 30.7 Å². The molecule has 1 aromatic carbocycles. The number of hydrogen-bond donors (Lipinski definition) is 1. The first-order chi connectivity index (χ1) is 10.2. The molecule has 2 heterocycles. The van der Waals surface area contributed by atoms with Crippen LogP contribution in [-0.4, -0.2) is 16.5 Å². The Kier molecular flexibility index (Phi) is 4.15. The summed E-state index contributed by atoms with van der Waals surface area (Å²) in [4.78, 5) is 9.62. The largest absolute Gasteiger partial charge is 0.370 e. The van der Waals surface area contributed by atoms with Gasteiger partial charge in [0.2, 0.25) is 0 Å². The van der Waals surface area contributed by atoms with E-state index >= 15 is 0 Å². The third kappa shape index (κ3) is 2.91. The van der Waals surface area contributed by atoms with Crippen molar-refractivity contribution in [3.8, 4) is 11.4 Å². The second kappa shape index (κ2) is 6.06. The SMILES string of the molecule is CCCNc1nc(-c2ccc(C)cc2C)nc2c1CSC2. The minimum atomic E-state index is 0.854. The standard InChI is InChI=1S/C17H21N3S/c1-4-7-18-16-14-9-21-10-15(14)19-17(20-16)13-6-5-11(2)8-12(13)3/h5-6,8H,4,7,9-10H2,1-3H3,(H,18,19,20). The first kappa shape index (κ1) is 14.4. The van der Waals surface area contributed by atoms with Crippen LogP contribution in [-0.2, 0) is 11.5 Å². The molecule has 1 aliphatic rings. The molecule has 0 amide bonds. The summed E-state index contributed by atoms with van der Waals surface area (Å²) >= 11 is 1.92. The zero-order valence-electron chi connectivity index (χ0n) is 12.9. The van der Waals surface area contributed by atoms with Crippen molar-refractivity contribution >= 4 is 17.6 Å². The lowest BCUT2D eigenvalue weighted by atomic mass is 10.0. The summed E-state index contributed by atoms with van der Waals surface area (Å²) in [6.07, 6.45) is 1.10. The monoisotopic (exact) mass is 299 g/mol. The number of aryl methyl sites for hydroxylation is 2. The van der Waals surface area contributed by atoms with Crippen LogP contribution in [0, 0.1) is 13.8 Å². The highest BCUT2D eigenvalue weighted by molar-refractivity contribution is 7.98. The first-order valence-electron chi connectivity index (χ1n) is 7.48. The number of rotatable bonds is 4. The summed E-state index contributed by atoms with van der Waals surface area (Å²) in [5, 5.41) is 3.47. The zero-order valence-corrected chi connectivity index (χ0v) is 13.7. The highest BCUT2D eigenvalue weighted by atomic mass is 32.2. The average Bonchev–Trinajstić information content (AvgIpc) is 2.93. The quantitative estimate of drug-likeness (QED) is 0.912. The molecular weight excluding hydrogens is 278 g/mol. The van der Waals surface area contributed by atoms with Gasteiger partial charge >= 0.3 is 0 Å². The van der Waals surface area contributed by atoms with Crippen molar-refractivity contribution in [3.05, 3.63) is 40.6 Å². The van der Waals surface area contributed by atoms with Crippen molar-refractivity contribution in [1.82, 2.24) is 9.97 Å². The van der Waals surface area contributed by atoms with Crippen LogP contribution in [0.2, 0.25) is 0 Å². The van der Waals surface area contributed by atoms with Gasteiger partial charge in [0.05, 0.1) is 5.69 Å². The predicted octanol–water partition coefficient (Wildman–Crippen LogP) is 4.33. The van der Waals surface area contributed by atoms with Crippen molar-refractivity contribution < 1.29 is 0 Å². The van der Waals surface area contributed by atoms with Crippen LogP contribution in [0.1, 0.15) is 35.7 Å². The number of nitrogens with zero attached hydrogens (tertiary/aromatic N) is 2. The lowest BCUT2D eigenvalue weighted by molar-refractivity contribution is 0.955. The molecule has 0 aliphatic carbocycles. The van der Waals surface area contributed by atoms with E-state index in [1.165, 1.54) is 22.4 Å². The lowest BCUT2D eigenvalue weighted by Gasteiger charge is -2.12. The van der Waals surface area contributed by atoms with Crippen LogP contribution in [0.25, 0.3) is 11.4 Å². The number of aromatic nitrogens is 2. The molecule has 3 rings (SSSR count). The minimum absolute atomic E-state index is 0.854. The molecule has 1 aromatic heterocycles. The van der Waals surface area contributed by atoms with Crippen LogP contribution in [0.3, 0.4) is 0 Å². The van der Waals surface area contributed by atoms with Crippen molar-refractivity contribution in [1.29, 1.82) is 0 Å². The minimum Gasteiger partial charge on any atom is -0.370 e. The summed E-state index contributed by atoms with van der Waals surface area (Å²) in [7, 11) is 0. The van der Waals surface area contributed by atoms with Gasteiger partial charge in [0.25, 0.3) is 0 Å². The third-order valence-corrected chi connectivity index (χ3v) is 4.71. The summed E-state index contributed by atoms with van der Waals surface area (Å²) in [6, 6.07) is 6.46. The van der Waals surface area contributed by atoms with E-state index < -0.39 is 0 Å². The van der Waals surface area contributed by atoms with Gasteiger partial charge in [-0.2, -0.15) is 11.8 Å².